The van der Waals surface area contributed by atoms with Crippen LogP contribution in [0.25, 0.3) is 0 Å². The first-order valence-electron chi connectivity index (χ1n) is 8.37. The molecule has 0 spiro atoms. The fraction of sp³-hybridized carbons (Fsp3) is 0.0500. The molecule has 29 heavy (non-hydrogen) atoms. The standard InChI is InChI=1S/C20H16IN3O3S2/c1-27-16-11-14(8-9-15(16)23-19(26)17-3-2-10-29-17)22-20(28)24-18(25)12-4-6-13(21)7-5-12/h2-11H,1H3,(H,23,26)(H2,22,24,25,28). The van der Waals surface area contributed by atoms with Crippen LogP contribution in [0.3, 0.4) is 0 Å². The lowest BCUT2D eigenvalue weighted by atomic mass is 10.2. The van der Waals surface area contributed by atoms with Crippen LogP contribution < -0.4 is 20.7 Å². The van der Waals surface area contributed by atoms with Crippen LogP contribution in [-0.2, 0) is 0 Å². The molecule has 1 heterocycles. The summed E-state index contributed by atoms with van der Waals surface area (Å²) in [5.74, 6) is -0.0447. The molecule has 148 valence electrons. The molecule has 0 aliphatic carbocycles. The lowest BCUT2D eigenvalue weighted by Gasteiger charge is -2.14. The molecule has 9 heteroatoms. The zero-order valence-corrected chi connectivity index (χ0v) is 19.0. The highest BCUT2D eigenvalue weighted by Gasteiger charge is 2.12. The molecule has 0 fully saturated rings. The van der Waals surface area contributed by atoms with Crippen molar-refractivity contribution >= 4 is 74.4 Å². The molecule has 3 N–H and O–H groups in total. The summed E-state index contributed by atoms with van der Waals surface area (Å²) in [6, 6.07) is 15.8. The highest BCUT2D eigenvalue weighted by molar-refractivity contribution is 14.1. The molecule has 0 unspecified atom stereocenters. The van der Waals surface area contributed by atoms with Gasteiger partial charge in [-0.05, 0) is 82.7 Å². The van der Waals surface area contributed by atoms with Crippen molar-refractivity contribution in [2.75, 3.05) is 17.7 Å². The van der Waals surface area contributed by atoms with E-state index in [0.717, 1.165) is 3.57 Å². The summed E-state index contributed by atoms with van der Waals surface area (Å²) in [5, 5.41) is 10.4. The summed E-state index contributed by atoms with van der Waals surface area (Å²) in [7, 11) is 1.51. The number of benzene rings is 2. The van der Waals surface area contributed by atoms with E-state index < -0.39 is 0 Å². The molecule has 3 rings (SSSR count). The zero-order valence-electron chi connectivity index (χ0n) is 15.2. The Morgan fingerprint density at radius 1 is 1.03 bits per heavy atom. The average molecular weight is 537 g/mol. The molecule has 0 saturated carbocycles. The Bertz CT molecular complexity index is 1040. The van der Waals surface area contributed by atoms with Gasteiger partial charge >= 0.3 is 0 Å². The largest absolute Gasteiger partial charge is 0.494 e. The van der Waals surface area contributed by atoms with E-state index >= 15 is 0 Å². The number of anilines is 2. The van der Waals surface area contributed by atoms with Crippen LogP contribution in [0.2, 0.25) is 0 Å². The van der Waals surface area contributed by atoms with Crippen molar-refractivity contribution < 1.29 is 14.3 Å². The monoisotopic (exact) mass is 537 g/mol. The van der Waals surface area contributed by atoms with E-state index in [4.69, 9.17) is 17.0 Å². The van der Waals surface area contributed by atoms with Crippen LogP contribution in [-0.4, -0.2) is 24.0 Å². The van der Waals surface area contributed by atoms with E-state index in [1.165, 1.54) is 18.4 Å². The third-order valence-corrected chi connectivity index (χ3v) is 5.58. The van der Waals surface area contributed by atoms with Crippen LogP contribution in [0.1, 0.15) is 20.0 Å². The lowest BCUT2D eigenvalue weighted by Crippen LogP contribution is -2.34. The van der Waals surface area contributed by atoms with Crippen molar-refractivity contribution in [2.24, 2.45) is 0 Å². The minimum Gasteiger partial charge on any atom is -0.494 e. The predicted molar refractivity (Wildman–Crippen MR) is 128 cm³/mol. The number of carbonyl (C=O) groups excluding carboxylic acids is 2. The summed E-state index contributed by atoms with van der Waals surface area (Å²) >= 11 is 8.75. The number of nitrogens with one attached hydrogen (secondary N) is 3. The molecule has 0 aliphatic rings. The number of methoxy groups -OCH3 is 1. The van der Waals surface area contributed by atoms with Crippen LogP contribution in [0.5, 0.6) is 5.75 Å². The molecular weight excluding hydrogens is 521 g/mol. The third kappa shape index (κ3) is 5.75. The average Bonchev–Trinajstić information content (AvgIpc) is 3.24. The number of hydrogen-bond donors (Lipinski definition) is 3. The lowest BCUT2D eigenvalue weighted by molar-refractivity contribution is 0.0976. The highest BCUT2D eigenvalue weighted by Crippen LogP contribution is 2.28. The fourth-order valence-corrected chi connectivity index (χ4v) is 3.59. The van der Waals surface area contributed by atoms with E-state index in [2.05, 4.69) is 38.5 Å². The number of halogens is 1. The normalized spacial score (nSPS) is 10.1. The first-order chi connectivity index (χ1) is 14.0. The van der Waals surface area contributed by atoms with Crippen LogP contribution >= 0.6 is 46.1 Å². The van der Waals surface area contributed by atoms with Gasteiger partial charge in [0, 0.05) is 20.9 Å². The molecule has 0 bridgehead atoms. The van der Waals surface area contributed by atoms with Crippen LogP contribution in [0.4, 0.5) is 11.4 Å². The second-order valence-corrected chi connectivity index (χ2v) is 8.36. The van der Waals surface area contributed by atoms with Gasteiger partial charge in [-0.2, -0.15) is 0 Å². The zero-order chi connectivity index (χ0) is 20.8. The molecule has 6 nitrogen and oxygen atoms in total. The van der Waals surface area contributed by atoms with Crippen molar-refractivity contribution in [2.45, 2.75) is 0 Å². The van der Waals surface area contributed by atoms with Crippen LogP contribution in [0.15, 0.2) is 60.0 Å². The molecule has 2 amide bonds. The third-order valence-electron chi connectivity index (χ3n) is 3.79. The second kappa shape index (κ2) is 9.81. The first-order valence-corrected chi connectivity index (χ1v) is 10.7. The molecule has 3 aromatic rings. The van der Waals surface area contributed by atoms with Crippen molar-refractivity contribution in [3.05, 3.63) is 74.0 Å². The minimum atomic E-state index is -0.300. The quantitative estimate of drug-likeness (QED) is 0.324. The van der Waals surface area contributed by atoms with Gasteiger partial charge in [0.2, 0.25) is 0 Å². The number of hydrogen-bond acceptors (Lipinski definition) is 5. The van der Waals surface area contributed by atoms with E-state index in [1.807, 2.05) is 23.6 Å². The van der Waals surface area contributed by atoms with Gasteiger partial charge < -0.3 is 15.4 Å². The SMILES string of the molecule is COc1cc(NC(=S)NC(=O)c2ccc(I)cc2)ccc1NC(=O)c1cccs1. The van der Waals surface area contributed by atoms with Gasteiger partial charge in [0.1, 0.15) is 5.75 Å². The number of amides is 2. The van der Waals surface area contributed by atoms with E-state index in [0.29, 0.717) is 27.6 Å². The Kier molecular flexibility index (Phi) is 7.18. The van der Waals surface area contributed by atoms with Crippen molar-refractivity contribution in [3.63, 3.8) is 0 Å². The van der Waals surface area contributed by atoms with E-state index in [-0.39, 0.29) is 16.9 Å². The molecule has 0 saturated heterocycles. The topological polar surface area (TPSA) is 79.5 Å². The minimum absolute atomic E-state index is 0.158. The second-order valence-electron chi connectivity index (χ2n) is 5.76. The molecule has 0 aliphatic heterocycles. The summed E-state index contributed by atoms with van der Waals surface area (Å²) in [6.07, 6.45) is 0. The van der Waals surface area contributed by atoms with Gasteiger partial charge in [0.15, 0.2) is 5.11 Å². The Morgan fingerprint density at radius 3 is 2.45 bits per heavy atom. The number of thiophene rings is 1. The van der Waals surface area contributed by atoms with Gasteiger partial charge in [-0.1, -0.05) is 6.07 Å². The maximum absolute atomic E-state index is 12.3. The van der Waals surface area contributed by atoms with Crippen LogP contribution in [0, 0.1) is 3.57 Å². The smallest absolute Gasteiger partial charge is 0.265 e. The Morgan fingerprint density at radius 2 is 1.79 bits per heavy atom. The van der Waals surface area contributed by atoms with Gasteiger partial charge in [-0.15, -0.1) is 11.3 Å². The van der Waals surface area contributed by atoms with Crippen molar-refractivity contribution in [1.29, 1.82) is 0 Å². The molecular formula is C20H16IN3O3S2. The molecule has 0 radical (unpaired) electrons. The number of rotatable bonds is 5. The Labute approximate surface area is 190 Å². The Balaban J connectivity index is 1.64. The first kappa shape index (κ1) is 21.2. The van der Waals surface area contributed by atoms with Gasteiger partial charge in [-0.3, -0.25) is 14.9 Å². The maximum Gasteiger partial charge on any atom is 0.265 e. The summed E-state index contributed by atoms with van der Waals surface area (Å²) in [6.45, 7) is 0. The fourth-order valence-electron chi connectivity index (χ4n) is 2.40. The number of carbonyl (C=O) groups is 2. The summed E-state index contributed by atoms with van der Waals surface area (Å²) in [4.78, 5) is 25.1. The number of ether oxygens (including phenoxy) is 1. The molecule has 0 atom stereocenters. The summed E-state index contributed by atoms with van der Waals surface area (Å²) in [5.41, 5.74) is 1.66. The van der Waals surface area contributed by atoms with Gasteiger partial charge in [0.05, 0.1) is 17.7 Å². The van der Waals surface area contributed by atoms with Crippen molar-refractivity contribution in [3.8, 4) is 5.75 Å². The van der Waals surface area contributed by atoms with Crippen molar-refractivity contribution in [1.82, 2.24) is 5.32 Å². The van der Waals surface area contributed by atoms with Gasteiger partial charge in [0.25, 0.3) is 11.8 Å². The van der Waals surface area contributed by atoms with E-state index in [9.17, 15) is 9.59 Å². The predicted octanol–water partition coefficient (Wildman–Crippen LogP) is 4.74. The van der Waals surface area contributed by atoms with E-state index in [1.54, 1.807) is 36.4 Å². The Hall–Kier alpha value is -2.50. The van der Waals surface area contributed by atoms with Gasteiger partial charge in [-0.25, -0.2) is 0 Å². The molecule has 1 aromatic heterocycles. The highest BCUT2D eigenvalue weighted by atomic mass is 127. The summed E-state index contributed by atoms with van der Waals surface area (Å²) < 4.78 is 6.40. The molecule has 2 aromatic carbocycles. The maximum atomic E-state index is 12.3. The number of thiocarbonyl (C=S) groups is 1.